The van der Waals surface area contributed by atoms with E-state index in [-0.39, 0.29) is 5.82 Å². The first-order valence-corrected chi connectivity index (χ1v) is 4.49. The lowest BCUT2D eigenvalue weighted by Crippen LogP contribution is -1.97. The maximum atomic E-state index is 10.8. The lowest BCUT2D eigenvalue weighted by molar-refractivity contribution is -0.388. The van der Waals surface area contributed by atoms with Crippen molar-refractivity contribution in [1.82, 2.24) is 9.97 Å². The van der Waals surface area contributed by atoms with Crippen LogP contribution in [0.1, 0.15) is 0 Å². The smallest absolute Gasteiger partial charge is 0.371 e. The van der Waals surface area contributed by atoms with Gasteiger partial charge in [-0.1, -0.05) is 0 Å². The van der Waals surface area contributed by atoms with Crippen LogP contribution < -0.4 is 5.73 Å². The molecule has 0 fully saturated rings. The Bertz CT molecular complexity index is 542. The fourth-order valence-electron chi connectivity index (χ4n) is 1.38. The summed E-state index contributed by atoms with van der Waals surface area (Å²) in [6.07, 6.45) is 4.38. The summed E-state index contributed by atoms with van der Waals surface area (Å²) >= 11 is 0. The van der Waals surface area contributed by atoms with Crippen LogP contribution in [0.5, 0.6) is 0 Å². The van der Waals surface area contributed by atoms with Gasteiger partial charge in [0, 0.05) is 23.6 Å². The SMILES string of the molecule is Nc1ccncc1-c1cccnc1[N+](=O)[O-]. The summed E-state index contributed by atoms with van der Waals surface area (Å²) in [6.45, 7) is 0. The van der Waals surface area contributed by atoms with E-state index in [1.165, 1.54) is 18.6 Å². The number of nitrogens with two attached hydrogens (primary N) is 1. The number of aromatic nitrogens is 2. The molecule has 6 nitrogen and oxygen atoms in total. The maximum Gasteiger partial charge on any atom is 0.371 e. The van der Waals surface area contributed by atoms with Crippen molar-refractivity contribution in [3.8, 4) is 11.1 Å². The second kappa shape index (κ2) is 3.93. The molecule has 0 aliphatic rings. The van der Waals surface area contributed by atoms with Crippen molar-refractivity contribution in [3.63, 3.8) is 0 Å². The highest BCUT2D eigenvalue weighted by molar-refractivity contribution is 5.79. The summed E-state index contributed by atoms with van der Waals surface area (Å²) in [5.74, 6) is -0.220. The fraction of sp³-hybridized carbons (Fsp3) is 0. The molecule has 2 aromatic heterocycles. The third kappa shape index (κ3) is 1.68. The van der Waals surface area contributed by atoms with Crippen molar-refractivity contribution >= 4 is 11.5 Å². The first-order chi connectivity index (χ1) is 7.70. The minimum absolute atomic E-state index is 0.220. The molecule has 0 unspecified atom stereocenters. The van der Waals surface area contributed by atoms with Crippen molar-refractivity contribution in [2.24, 2.45) is 0 Å². The molecule has 0 saturated carbocycles. The highest BCUT2D eigenvalue weighted by atomic mass is 16.6. The van der Waals surface area contributed by atoms with E-state index in [2.05, 4.69) is 9.97 Å². The van der Waals surface area contributed by atoms with Gasteiger partial charge < -0.3 is 15.8 Å². The summed E-state index contributed by atoms with van der Waals surface area (Å²) in [5, 5.41) is 10.8. The molecule has 0 saturated heterocycles. The summed E-state index contributed by atoms with van der Waals surface area (Å²) in [6, 6.07) is 4.80. The minimum atomic E-state index is -0.540. The van der Waals surface area contributed by atoms with Gasteiger partial charge in [-0.25, -0.2) is 0 Å². The summed E-state index contributed by atoms with van der Waals surface area (Å²) < 4.78 is 0. The Labute approximate surface area is 90.9 Å². The molecule has 0 spiro atoms. The molecule has 2 aromatic rings. The van der Waals surface area contributed by atoms with Crippen LogP contribution in [-0.4, -0.2) is 14.9 Å². The third-order valence-corrected chi connectivity index (χ3v) is 2.10. The molecule has 80 valence electrons. The average Bonchev–Trinajstić information content (AvgIpc) is 2.29. The van der Waals surface area contributed by atoms with Crippen LogP contribution in [0.3, 0.4) is 0 Å². The molecule has 0 aromatic carbocycles. The standard InChI is InChI=1S/C10H8N4O2/c11-9-3-5-12-6-8(9)7-2-1-4-13-10(7)14(15)16/h1-6H,(H2,11,12). The highest BCUT2D eigenvalue weighted by Crippen LogP contribution is 2.30. The number of hydrogen-bond donors (Lipinski definition) is 1. The summed E-state index contributed by atoms with van der Waals surface area (Å²) in [5.41, 5.74) is 7.06. The molecule has 0 amide bonds. The van der Waals surface area contributed by atoms with Crippen LogP contribution in [0.4, 0.5) is 11.5 Å². The van der Waals surface area contributed by atoms with E-state index in [4.69, 9.17) is 5.73 Å². The van der Waals surface area contributed by atoms with E-state index in [0.717, 1.165) is 0 Å². The maximum absolute atomic E-state index is 10.8. The zero-order chi connectivity index (χ0) is 11.5. The van der Waals surface area contributed by atoms with Crippen LogP contribution in [0.15, 0.2) is 36.8 Å². The van der Waals surface area contributed by atoms with E-state index < -0.39 is 4.92 Å². The second-order valence-electron chi connectivity index (χ2n) is 3.09. The van der Waals surface area contributed by atoms with Gasteiger partial charge >= 0.3 is 5.82 Å². The Balaban J connectivity index is 2.65. The fourth-order valence-corrected chi connectivity index (χ4v) is 1.38. The van der Waals surface area contributed by atoms with E-state index in [1.54, 1.807) is 18.2 Å². The van der Waals surface area contributed by atoms with Crippen molar-refractivity contribution in [2.75, 3.05) is 5.73 Å². The van der Waals surface area contributed by atoms with Gasteiger partial charge in [0.2, 0.25) is 0 Å². The van der Waals surface area contributed by atoms with Gasteiger partial charge in [0.1, 0.15) is 6.20 Å². The Morgan fingerprint density at radius 2 is 2.06 bits per heavy atom. The molecule has 16 heavy (non-hydrogen) atoms. The molecule has 2 heterocycles. The summed E-state index contributed by atoms with van der Waals surface area (Å²) in [4.78, 5) is 17.9. The highest BCUT2D eigenvalue weighted by Gasteiger charge is 2.17. The van der Waals surface area contributed by atoms with Gasteiger partial charge in [0.15, 0.2) is 0 Å². The molecular formula is C10H8N4O2. The van der Waals surface area contributed by atoms with E-state index in [1.807, 2.05) is 0 Å². The number of nitro groups is 1. The van der Waals surface area contributed by atoms with Crippen molar-refractivity contribution < 1.29 is 4.92 Å². The predicted octanol–water partition coefficient (Wildman–Crippen LogP) is 1.63. The van der Waals surface area contributed by atoms with Crippen LogP contribution in [-0.2, 0) is 0 Å². The van der Waals surface area contributed by atoms with Gasteiger partial charge in [-0.05, 0) is 28.1 Å². The molecule has 6 heteroatoms. The van der Waals surface area contributed by atoms with Gasteiger partial charge in [-0.15, -0.1) is 0 Å². The monoisotopic (exact) mass is 216 g/mol. The van der Waals surface area contributed by atoms with Crippen molar-refractivity contribution in [1.29, 1.82) is 0 Å². The topological polar surface area (TPSA) is 94.9 Å². The van der Waals surface area contributed by atoms with Crippen LogP contribution >= 0.6 is 0 Å². The molecule has 0 aliphatic heterocycles. The zero-order valence-electron chi connectivity index (χ0n) is 8.20. The number of rotatable bonds is 2. The second-order valence-corrected chi connectivity index (χ2v) is 3.09. The van der Waals surface area contributed by atoms with Gasteiger partial charge in [0.25, 0.3) is 0 Å². The number of anilines is 1. The Morgan fingerprint density at radius 3 is 2.75 bits per heavy atom. The Morgan fingerprint density at radius 1 is 1.25 bits per heavy atom. The Kier molecular flexibility index (Phi) is 2.47. The molecular weight excluding hydrogens is 208 g/mol. The molecule has 0 radical (unpaired) electrons. The van der Waals surface area contributed by atoms with Crippen LogP contribution in [0.25, 0.3) is 11.1 Å². The van der Waals surface area contributed by atoms with E-state index in [9.17, 15) is 10.1 Å². The predicted molar refractivity (Wildman–Crippen MR) is 58.5 cm³/mol. The van der Waals surface area contributed by atoms with Crippen molar-refractivity contribution in [2.45, 2.75) is 0 Å². The van der Waals surface area contributed by atoms with Gasteiger partial charge in [-0.3, -0.25) is 4.98 Å². The number of nitrogens with zero attached hydrogens (tertiary/aromatic N) is 3. The van der Waals surface area contributed by atoms with Crippen molar-refractivity contribution in [3.05, 3.63) is 46.9 Å². The van der Waals surface area contributed by atoms with Gasteiger partial charge in [0.05, 0.1) is 5.56 Å². The quantitative estimate of drug-likeness (QED) is 0.608. The van der Waals surface area contributed by atoms with Gasteiger partial charge in [-0.2, -0.15) is 0 Å². The molecule has 2 rings (SSSR count). The van der Waals surface area contributed by atoms with Crippen LogP contribution in [0, 0.1) is 10.1 Å². The van der Waals surface area contributed by atoms with E-state index in [0.29, 0.717) is 16.8 Å². The van der Waals surface area contributed by atoms with E-state index >= 15 is 0 Å². The summed E-state index contributed by atoms with van der Waals surface area (Å²) in [7, 11) is 0. The Hall–Kier alpha value is -2.50. The molecule has 2 N–H and O–H groups in total. The number of hydrogen-bond acceptors (Lipinski definition) is 5. The lowest BCUT2D eigenvalue weighted by Gasteiger charge is -2.04. The first kappa shape index (κ1) is 10.0. The first-order valence-electron chi connectivity index (χ1n) is 4.49. The largest absolute Gasteiger partial charge is 0.398 e. The number of nitrogen functional groups attached to an aromatic ring is 1. The normalized spacial score (nSPS) is 10.0. The third-order valence-electron chi connectivity index (χ3n) is 2.10. The zero-order valence-corrected chi connectivity index (χ0v) is 8.20. The molecule has 0 atom stereocenters. The minimum Gasteiger partial charge on any atom is -0.398 e. The average molecular weight is 216 g/mol. The molecule has 0 aliphatic carbocycles. The number of pyridine rings is 2. The molecule has 0 bridgehead atoms. The lowest BCUT2D eigenvalue weighted by atomic mass is 10.1. The van der Waals surface area contributed by atoms with Crippen LogP contribution in [0.2, 0.25) is 0 Å².